The van der Waals surface area contributed by atoms with Gasteiger partial charge in [-0.1, -0.05) is 32.6 Å². The van der Waals surface area contributed by atoms with Gasteiger partial charge in [-0.2, -0.15) is 0 Å². The first-order chi connectivity index (χ1) is 10.9. The molecule has 0 saturated heterocycles. The van der Waals surface area contributed by atoms with Crippen LogP contribution in [0.15, 0.2) is 12.1 Å². The highest BCUT2D eigenvalue weighted by Gasteiger charge is 2.28. The van der Waals surface area contributed by atoms with E-state index in [1.807, 2.05) is 0 Å². The highest BCUT2D eigenvalue weighted by atomic mass is 19.1. The van der Waals surface area contributed by atoms with Crippen LogP contribution in [-0.4, -0.2) is 18.6 Å². The monoisotopic (exact) mass is 321 g/mol. The third-order valence-electron chi connectivity index (χ3n) is 4.58. The van der Waals surface area contributed by atoms with Crippen LogP contribution in [0.1, 0.15) is 43.5 Å². The molecule has 0 heterocycles. The smallest absolute Gasteiger partial charge is 0.251 e. The molecule has 23 heavy (non-hydrogen) atoms. The van der Waals surface area contributed by atoms with Gasteiger partial charge in [-0.3, -0.25) is 4.79 Å². The van der Waals surface area contributed by atoms with Crippen LogP contribution in [-0.2, 0) is 0 Å². The number of benzene rings is 1. The number of amides is 1. The fourth-order valence-electron chi connectivity index (χ4n) is 2.98. The lowest BCUT2D eigenvalue weighted by Gasteiger charge is -2.34. The van der Waals surface area contributed by atoms with Crippen molar-refractivity contribution < 1.29 is 18.3 Å². The molecular formula is C18H21F2NO2. The number of rotatable bonds is 4. The first-order valence-corrected chi connectivity index (χ1v) is 7.80. The second kappa shape index (κ2) is 7.45. The van der Waals surface area contributed by atoms with Crippen molar-refractivity contribution in [1.82, 2.24) is 5.32 Å². The molecule has 1 aromatic rings. The SMILES string of the molecule is C#CCOc1c(F)cc(C(=O)NC2CCCC(C)C2C)cc1F. The minimum Gasteiger partial charge on any atom is -0.475 e. The van der Waals surface area contributed by atoms with Crippen molar-refractivity contribution in [3.8, 4) is 18.1 Å². The minimum absolute atomic E-state index is 0.0229. The van der Waals surface area contributed by atoms with Gasteiger partial charge in [0, 0.05) is 11.6 Å². The van der Waals surface area contributed by atoms with Gasteiger partial charge >= 0.3 is 0 Å². The number of carbonyl (C=O) groups is 1. The summed E-state index contributed by atoms with van der Waals surface area (Å²) in [5.41, 5.74) is -0.0570. The quantitative estimate of drug-likeness (QED) is 0.862. The molecule has 0 spiro atoms. The van der Waals surface area contributed by atoms with Gasteiger partial charge in [0.1, 0.15) is 6.61 Å². The Morgan fingerprint density at radius 2 is 2.00 bits per heavy atom. The van der Waals surface area contributed by atoms with Gasteiger partial charge in [0.25, 0.3) is 5.91 Å². The number of hydrogen-bond acceptors (Lipinski definition) is 2. The summed E-state index contributed by atoms with van der Waals surface area (Å²) in [6, 6.07) is 1.97. The summed E-state index contributed by atoms with van der Waals surface area (Å²) in [4.78, 5) is 12.3. The van der Waals surface area contributed by atoms with Gasteiger partial charge in [-0.25, -0.2) is 8.78 Å². The van der Waals surface area contributed by atoms with E-state index in [1.165, 1.54) is 0 Å². The number of nitrogens with one attached hydrogen (secondary N) is 1. The van der Waals surface area contributed by atoms with Gasteiger partial charge in [-0.05, 0) is 30.4 Å². The van der Waals surface area contributed by atoms with Crippen molar-refractivity contribution in [1.29, 1.82) is 0 Å². The molecule has 3 unspecified atom stereocenters. The Balaban J connectivity index is 2.12. The summed E-state index contributed by atoms with van der Waals surface area (Å²) in [5.74, 6) is 0.0854. The fourth-order valence-corrected chi connectivity index (χ4v) is 2.98. The second-order valence-electron chi connectivity index (χ2n) is 6.11. The highest BCUT2D eigenvalue weighted by molar-refractivity contribution is 5.94. The first kappa shape index (κ1) is 17.3. The molecule has 1 saturated carbocycles. The maximum Gasteiger partial charge on any atom is 0.251 e. The van der Waals surface area contributed by atoms with Crippen molar-refractivity contribution in [2.45, 2.75) is 39.2 Å². The molecule has 3 nitrogen and oxygen atoms in total. The lowest BCUT2D eigenvalue weighted by atomic mass is 9.78. The average Bonchev–Trinajstić information content (AvgIpc) is 2.51. The van der Waals surface area contributed by atoms with Crippen molar-refractivity contribution >= 4 is 5.91 Å². The van der Waals surface area contributed by atoms with Gasteiger partial charge in [0.2, 0.25) is 0 Å². The zero-order valence-corrected chi connectivity index (χ0v) is 13.4. The zero-order chi connectivity index (χ0) is 17.0. The molecular weight excluding hydrogens is 300 g/mol. The van der Waals surface area contributed by atoms with Crippen LogP contribution in [0, 0.1) is 35.8 Å². The van der Waals surface area contributed by atoms with Crippen LogP contribution in [0.5, 0.6) is 5.75 Å². The lowest BCUT2D eigenvalue weighted by Crippen LogP contribution is -2.43. The Kier molecular flexibility index (Phi) is 5.59. The number of carbonyl (C=O) groups excluding carboxylic acids is 1. The highest BCUT2D eigenvalue weighted by Crippen LogP contribution is 2.30. The molecule has 0 aliphatic heterocycles. The Hall–Kier alpha value is -2.09. The molecule has 1 aromatic carbocycles. The second-order valence-corrected chi connectivity index (χ2v) is 6.11. The third kappa shape index (κ3) is 4.01. The Labute approximate surface area is 135 Å². The van der Waals surface area contributed by atoms with E-state index >= 15 is 0 Å². The van der Waals surface area contributed by atoms with E-state index in [1.54, 1.807) is 0 Å². The van der Waals surface area contributed by atoms with E-state index in [9.17, 15) is 13.6 Å². The largest absolute Gasteiger partial charge is 0.475 e. The van der Waals surface area contributed by atoms with Crippen molar-refractivity contribution in [2.24, 2.45) is 11.8 Å². The third-order valence-corrected chi connectivity index (χ3v) is 4.58. The predicted octanol–water partition coefficient (Wildman–Crippen LogP) is 3.53. The van der Waals surface area contributed by atoms with E-state index in [2.05, 4.69) is 25.1 Å². The number of ether oxygens (including phenoxy) is 1. The molecule has 0 aromatic heterocycles. The predicted molar refractivity (Wildman–Crippen MR) is 84.1 cm³/mol. The molecule has 1 amide bonds. The maximum absolute atomic E-state index is 13.9. The molecule has 0 radical (unpaired) electrons. The Morgan fingerprint density at radius 3 is 2.61 bits per heavy atom. The molecule has 1 aliphatic carbocycles. The van der Waals surface area contributed by atoms with E-state index in [0.717, 1.165) is 31.4 Å². The summed E-state index contributed by atoms with van der Waals surface area (Å²) >= 11 is 0. The zero-order valence-electron chi connectivity index (χ0n) is 13.4. The Morgan fingerprint density at radius 1 is 1.35 bits per heavy atom. The van der Waals surface area contributed by atoms with Crippen LogP contribution in [0.2, 0.25) is 0 Å². The number of terminal acetylenes is 1. The van der Waals surface area contributed by atoms with Crippen LogP contribution < -0.4 is 10.1 Å². The molecule has 1 N–H and O–H groups in total. The normalized spacial score (nSPS) is 23.9. The van der Waals surface area contributed by atoms with Crippen LogP contribution in [0.4, 0.5) is 8.78 Å². The maximum atomic E-state index is 13.9. The Bertz CT molecular complexity index is 601. The molecule has 3 atom stereocenters. The molecule has 1 aliphatic rings. The molecule has 124 valence electrons. The van der Waals surface area contributed by atoms with E-state index in [4.69, 9.17) is 11.2 Å². The summed E-state index contributed by atoms with van der Waals surface area (Å²) in [6.45, 7) is 4.00. The molecule has 5 heteroatoms. The van der Waals surface area contributed by atoms with E-state index < -0.39 is 23.3 Å². The summed E-state index contributed by atoms with van der Waals surface area (Å²) in [6.07, 6.45) is 8.06. The molecule has 2 rings (SSSR count). The first-order valence-electron chi connectivity index (χ1n) is 7.80. The average molecular weight is 321 g/mol. The fraction of sp³-hybridized carbons (Fsp3) is 0.500. The van der Waals surface area contributed by atoms with Crippen molar-refractivity contribution in [3.63, 3.8) is 0 Å². The number of halogens is 2. The van der Waals surface area contributed by atoms with Crippen LogP contribution in [0.3, 0.4) is 0 Å². The van der Waals surface area contributed by atoms with Crippen molar-refractivity contribution in [3.05, 3.63) is 29.3 Å². The standard InChI is InChI=1S/C18H21F2NO2/c1-4-8-23-17-14(19)9-13(10-15(17)20)18(22)21-16-7-5-6-11(2)12(16)3/h1,9-12,16H,5-8H2,2-3H3,(H,21,22). The van der Waals surface area contributed by atoms with E-state index in [-0.39, 0.29) is 18.2 Å². The van der Waals surface area contributed by atoms with Crippen LogP contribution in [0.25, 0.3) is 0 Å². The summed E-state index contributed by atoms with van der Waals surface area (Å²) in [7, 11) is 0. The lowest BCUT2D eigenvalue weighted by molar-refractivity contribution is 0.0890. The van der Waals surface area contributed by atoms with Gasteiger partial charge < -0.3 is 10.1 Å². The molecule has 0 bridgehead atoms. The van der Waals surface area contributed by atoms with Gasteiger partial charge in [-0.15, -0.1) is 6.42 Å². The number of hydrogen-bond donors (Lipinski definition) is 1. The summed E-state index contributed by atoms with van der Waals surface area (Å²) in [5, 5.41) is 2.89. The molecule has 1 fully saturated rings. The van der Waals surface area contributed by atoms with E-state index in [0.29, 0.717) is 11.8 Å². The van der Waals surface area contributed by atoms with Gasteiger partial charge in [0.15, 0.2) is 17.4 Å². The minimum atomic E-state index is -0.935. The van der Waals surface area contributed by atoms with Crippen molar-refractivity contribution in [2.75, 3.05) is 6.61 Å². The van der Waals surface area contributed by atoms with Gasteiger partial charge in [0.05, 0.1) is 0 Å². The van der Waals surface area contributed by atoms with Crippen LogP contribution >= 0.6 is 0 Å². The summed E-state index contributed by atoms with van der Waals surface area (Å²) < 4.78 is 32.6. The topological polar surface area (TPSA) is 38.3 Å².